The number of carbonyl (C=O) groups is 2. The largest absolute Gasteiger partial charge is 0.343 e. The molecule has 5 rings (SSSR count). The first-order valence-electron chi connectivity index (χ1n) is 9.76. The number of hydrogen-bond donors (Lipinski definition) is 0. The molecule has 0 spiro atoms. The zero-order valence-corrected chi connectivity index (χ0v) is 15.9. The first-order valence-corrected chi connectivity index (χ1v) is 9.76. The topological polar surface area (TPSA) is 42.3 Å². The van der Waals surface area contributed by atoms with Crippen molar-refractivity contribution in [2.24, 2.45) is 0 Å². The maximum atomic E-state index is 13.2. The van der Waals surface area contributed by atoms with Crippen molar-refractivity contribution in [1.82, 2.24) is 4.57 Å². The van der Waals surface area contributed by atoms with Gasteiger partial charge in [-0.05, 0) is 29.3 Å². The quantitative estimate of drug-likeness (QED) is 0.480. The third kappa shape index (κ3) is 3.03. The molecular weight excluding hydrogens is 360 g/mol. The minimum Gasteiger partial charge on any atom is -0.343 e. The van der Waals surface area contributed by atoms with E-state index in [9.17, 15) is 9.59 Å². The molecular formula is C25H20N2O2. The van der Waals surface area contributed by atoms with Gasteiger partial charge in [0.05, 0.1) is 11.6 Å². The number of carbonyl (C=O) groups excluding carboxylic acids is 2. The van der Waals surface area contributed by atoms with E-state index in [0.717, 1.165) is 23.0 Å². The fourth-order valence-electron chi connectivity index (χ4n) is 4.19. The van der Waals surface area contributed by atoms with E-state index < -0.39 is 5.92 Å². The van der Waals surface area contributed by atoms with E-state index in [2.05, 4.69) is 22.8 Å². The number of para-hydroxylation sites is 2. The molecule has 4 nitrogen and oxygen atoms in total. The fraction of sp³-hybridized carbons (Fsp3) is 0.120. The maximum Gasteiger partial charge on any atom is 0.241 e. The van der Waals surface area contributed by atoms with Crippen LogP contribution in [-0.4, -0.2) is 16.4 Å². The van der Waals surface area contributed by atoms with Crippen molar-refractivity contribution in [3.05, 3.63) is 102 Å². The second kappa shape index (κ2) is 7.06. The van der Waals surface area contributed by atoms with Crippen molar-refractivity contribution in [2.45, 2.75) is 18.9 Å². The van der Waals surface area contributed by atoms with Gasteiger partial charge in [0.1, 0.15) is 0 Å². The molecule has 0 aliphatic carbocycles. The van der Waals surface area contributed by atoms with Gasteiger partial charge in [0, 0.05) is 30.1 Å². The van der Waals surface area contributed by atoms with Crippen molar-refractivity contribution in [3.8, 4) is 0 Å². The van der Waals surface area contributed by atoms with Gasteiger partial charge < -0.3 is 4.57 Å². The number of hydrogen-bond acceptors (Lipinski definition) is 2. The highest BCUT2D eigenvalue weighted by Crippen LogP contribution is 2.37. The Balaban J connectivity index is 1.55. The third-order valence-electron chi connectivity index (χ3n) is 5.55. The molecule has 0 saturated carbocycles. The lowest BCUT2D eigenvalue weighted by Gasteiger charge is -2.14. The van der Waals surface area contributed by atoms with Crippen molar-refractivity contribution >= 4 is 28.4 Å². The Bertz CT molecular complexity index is 1200. The summed E-state index contributed by atoms with van der Waals surface area (Å²) in [5.41, 5.74) is 3.83. The molecule has 0 radical (unpaired) electrons. The first-order chi connectivity index (χ1) is 14.2. The van der Waals surface area contributed by atoms with Crippen LogP contribution in [0, 0.1) is 0 Å². The van der Waals surface area contributed by atoms with Crippen LogP contribution in [0.25, 0.3) is 10.9 Å². The highest BCUT2D eigenvalue weighted by molar-refractivity contribution is 6.23. The Morgan fingerprint density at radius 3 is 2.21 bits per heavy atom. The summed E-state index contributed by atoms with van der Waals surface area (Å²) in [5, 5.41) is 1.03. The van der Waals surface area contributed by atoms with Gasteiger partial charge in [0.25, 0.3) is 0 Å². The molecule has 29 heavy (non-hydrogen) atoms. The Hall–Kier alpha value is -3.66. The van der Waals surface area contributed by atoms with E-state index in [1.54, 1.807) is 12.1 Å². The molecule has 0 unspecified atom stereocenters. The van der Waals surface area contributed by atoms with E-state index in [1.807, 2.05) is 60.8 Å². The summed E-state index contributed by atoms with van der Waals surface area (Å²) in [6.07, 6.45) is 2.25. The van der Waals surface area contributed by atoms with Gasteiger partial charge in [0.15, 0.2) is 0 Å². The summed E-state index contributed by atoms with van der Waals surface area (Å²) in [4.78, 5) is 27.3. The summed E-state index contributed by atoms with van der Waals surface area (Å²) in [6.45, 7) is 0.721. The van der Waals surface area contributed by atoms with E-state index in [0.29, 0.717) is 5.69 Å². The van der Waals surface area contributed by atoms with Crippen LogP contribution in [-0.2, 0) is 16.1 Å². The average molecular weight is 380 g/mol. The van der Waals surface area contributed by atoms with Gasteiger partial charge in [0.2, 0.25) is 11.8 Å². The van der Waals surface area contributed by atoms with Crippen LogP contribution >= 0.6 is 0 Å². The highest BCUT2D eigenvalue weighted by Gasteiger charge is 2.41. The molecule has 1 saturated heterocycles. The summed E-state index contributed by atoms with van der Waals surface area (Å²) in [5.74, 6) is -0.750. The van der Waals surface area contributed by atoms with Gasteiger partial charge in [-0.1, -0.05) is 66.7 Å². The van der Waals surface area contributed by atoms with Crippen LogP contribution in [0.1, 0.15) is 23.5 Å². The van der Waals surface area contributed by atoms with Crippen LogP contribution < -0.4 is 4.90 Å². The van der Waals surface area contributed by atoms with Gasteiger partial charge in [-0.15, -0.1) is 0 Å². The highest BCUT2D eigenvalue weighted by atomic mass is 16.2. The lowest BCUT2D eigenvalue weighted by Crippen LogP contribution is -2.29. The first kappa shape index (κ1) is 17.4. The SMILES string of the molecule is O=C1C[C@@H](c2cn(Cc3ccccc3)c3ccccc23)C(=O)N1c1ccccc1. The number of rotatable bonds is 4. The maximum absolute atomic E-state index is 13.2. The molecule has 2 amide bonds. The Morgan fingerprint density at radius 1 is 0.793 bits per heavy atom. The van der Waals surface area contributed by atoms with Crippen LogP contribution in [0.4, 0.5) is 5.69 Å². The lowest BCUT2D eigenvalue weighted by atomic mass is 9.97. The molecule has 2 heterocycles. The molecule has 0 bridgehead atoms. The zero-order valence-electron chi connectivity index (χ0n) is 15.9. The number of amides is 2. The number of benzene rings is 3. The standard InChI is InChI=1S/C25H20N2O2/c28-24-15-21(25(29)27(24)19-11-5-2-6-12-19)22-17-26(16-18-9-3-1-4-10-18)23-14-8-7-13-20(22)23/h1-14,17,21H,15-16H2/t21-/m0/s1. The summed E-state index contributed by atoms with van der Waals surface area (Å²) in [7, 11) is 0. The fourth-order valence-corrected chi connectivity index (χ4v) is 4.19. The van der Waals surface area contributed by atoms with Crippen LogP contribution in [0.5, 0.6) is 0 Å². The number of nitrogens with zero attached hydrogens (tertiary/aromatic N) is 2. The molecule has 1 aliphatic rings. The number of fused-ring (bicyclic) bond motifs is 1. The van der Waals surface area contributed by atoms with Crippen molar-refractivity contribution in [1.29, 1.82) is 0 Å². The Labute approximate surface area is 169 Å². The minimum atomic E-state index is -0.454. The smallest absolute Gasteiger partial charge is 0.241 e. The third-order valence-corrected chi connectivity index (χ3v) is 5.55. The van der Waals surface area contributed by atoms with E-state index in [-0.39, 0.29) is 18.2 Å². The van der Waals surface area contributed by atoms with Gasteiger partial charge in [-0.3, -0.25) is 14.5 Å². The normalized spacial score (nSPS) is 16.7. The summed E-state index contributed by atoms with van der Waals surface area (Å²) in [6, 6.07) is 27.5. The summed E-state index contributed by atoms with van der Waals surface area (Å²) < 4.78 is 2.17. The van der Waals surface area contributed by atoms with E-state index in [4.69, 9.17) is 0 Å². The lowest BCUT2D eigenvalue weighted by molar-refractivity contribution is -0.121. The predicted octanol–water partition coefficient (Wildman–Crippen LogP) is 4.74. The molecule has 3 aromatic carbocycles. The minimum absolute atomic E-state index is 0.147. The van der Waals surface area contributed by atoms with E-state index in [1.165, 1.54) is 10.5 Å². The Kier molecular flexibility index (Phi) is 4.24. The van der Waals surface area contributed by atoms with Crippen molar-refractivity contribution < 1.29 is 9.59 Å². The molecule has 142 valence electrons. The second-order valence-corrected chi connectivity index (χ2v) is 7.37. The molecule has 4 heteroatoms. The molecule has 1 aliphatic heterocycles. The molecule has 1 atom stereocenters. The van der Waals surface area contributed by atoms with Crippen molar-refractivity contribution in [2.75, 3.05) is 4.90 Å². The molecule has 1 aromatic heterocycles. The average Bonchev–Trinajstić information content (AvgIpc) is 3.26. The molecule has 4 aromatic rings. The monoisotopic (exact) mass is 380 g/mol. The van der Waals surface area contributed by atoms with E-state index >= 15 is 0 Å². The van der Waals surface area contributed by atoms with Crippen LogP contribution in [0.3, 0.4) is 0 Å². The number of anilines is 1. The number of imide groups is 1. The van der Waals surface area contributed by atoms with Gasteiger partial charge in [-0.2, -0.15) is 0 Å². The van der Waals surface area contributed by atoms with Crippen molar-refractivity contribution in [3.63, 3.8) is 0 Å². The molecule has 0 N–H and O–H groups in total. The Morgan fingerprint density at radius 2 is 1.45 bits per heavy atom. The second-order valence-electron chi connectivity index (χ2n) is 7.37. The predicted molar refractivity (Wildman–Crippen MR) is 114 cm³/mol. The van der Waals surface area contributed by atoms with Gasteiger partial charge >= 0.3 is 0 Å². The number of aromatic nitrogens is 1. The molecule has 1 fully saturated rings. The van der Waals surface area contributed by atoms with Crippen LogP contribution in [0.15, 0.2) is 91.1 Å². The van der Waals surface area contributed by atoms with Crippen LogP contribution in [0.2, 0.25) is 0 Å². The van der Waals surface area contributed by atoms with Gasteiger partial charge in [-0.25, -0.2) is 0 Å². The zero-order chi connectivity index (χ0) is 19.8. The summed E-state index contributed by atoms with van der Waals surface area (Å²) >= 11 is 0.